The average molecular weight is 287 g/mol. The van der Waals surface area contributed by atoms with Gasteiger partial charge in [-0.15, -0.1) is 0 Å². The van der Waals surface area contributed by atoms with E-state index >= 15 is 0 Å². The Hall–Kier alpha value is -1.79. The van der Waals surface area contributed by atoms with E-state index in [2.05, 4.69) is 10.6 Å². The molecule has 3 N–H and O–H groups in total. The SMILES string of the molecule is CC(C)CNC(=O)CCNC(=O)N(C)CC(C)C(=O)O. The number of rotatable bonds is 8. The predicted octanol–water partition coefficient (Wildman–Crippen LogP) is 0.511. The number of hydrogen-bond donors (Lipinski definition) is 3. The number of aliphatic carboxylic acids is 1. The molecular weight excluding hydrogens is 262 g/mol. The molecule has 0 fully saturated rings. The van der Waals surface area contributed by atoms with Crippen LogP contribution in [0.3, 0.4) is 0 Å². The first-order chi connectivity index (χ1) is 9.23. The number of urea groups is 1. The summed E-state index contributed by atoms with van der Waals surface area (Å²) < 4.78 is 0. The number of carbonyl (C=O) groups excluding carboxylic acids is 2. The van der Waals surface area contributed by atoms with E-state index < -0.39 is 11.9 Å². The number of carbonyl (C=O) groups is 3. The fourth-order valence-electron chi connectivity index (χ4n) is 1.40. The van der Waals surface area contributed by atoms with Gasteiger partial charge in [0.2, 0.25) is 5.91 Å². The lowest BCUT2D eigenvalue weighted by molar-refractivity contribution is -0.141. The minimum atomic E-state index is -0.947. The van der Waals surface area contributed by atoms with E-state index in [0.717, 1.165) is 0 Å². The second-order valence-corrected chi connectivity index (χ2v) is 5.30. The van der Waals surface area contributed by atoms with Crippen LogP contribution in [0.5, 0.6) is 0 Å². The second-order valence-electron chi connectivity index (χ2n) is 5.30. The molecule has 1 atom stereocenters. The standard InChI is InChI=1S/C13H25N3O4/c1-9(2)7-15-11(17)5-6-14-13(20)16(4)8-10(3)12(18)19/h9-10H,5-8H2,1-4H3,(H,14,20)(H,15,17)(H,18,19). The van der Waals surface area contributed by atoms with Crippen LogP contribution >= 0.6 is 0 Å². The molecule has 0 bridgehead atoms. The monoisotopic (exact) mass is 287 g/mol. The van der Waals surface area contributed by atoms with E-state index in [0.29, 0.717) is 12.5 Å². The fourth-order valence-corrected chi connectivity index (χ4v) is 1.40. The zero-order chi connectivity index (χ0) is 15.7. The molecule has 3 amide bonds. The lowest BCUT2D eigenvalue weighted by atomic mass is 10.2. The van der Waals surface area contributed by atoms with Crippen LogP contribution in [0.15, 0.2) is 0 Å². The highest BCUT2D eigenvalue weighted by molar-refractivity contribution is 5.78. The van der Waals surface area contributed by atoms with E-state index in [4.69, 9.17) is 5.11 Å². The molecular formula is C13H25N3O4. The lowest BCUT2D eigenvalue weighted by Crippen LogP contribution is -2.42. The molecule has 0 saturated heterocycles. The third kappa shape index (κ3) is 8.34. The van der Waals surface area contributed by atoms with Crippen LogP contribution in [0.1, 0.15) is 27.2 Å². The minimum absolute atomic E-state index is 0.111. The number of hydrogen-bond acceptors (Lipinski definition) is 3. The Morgan fingerprint density at radius 2 is 1.75 bits per heavy atom. The van der Waals surface area contributed by atoms with Gasteiger partial charge >= 0.3 is 12.0 Å². The summed E-state index contributed by atoms with van der Waals surface area (Å²) in [4.78, 5) is 35.0. The first kappa shape index (κ1) is 18.2. The van der Waals surface area contributed by atoms with Gasteiger partial charge in [-0.1, -0.05) is 20.8 Å². The smallest absolute Gasteiger partial charge is 0.317 e. The first-order valence-corrected chi connectivity index (χ1v) is 6.72. The van der Waals surface area contributed by atoms with Crippen molar-refractivity contribution in [3.8, 4) is 0 Å². The van der Waals surface area contributed by atoms with Crippen molar-refractivity contribution in [1.29, 1.82) is 0 Å². The molecule has 116 valence electrons. The van der Waals surface area contributed by atoms with E-state index in [1.54, 1.807) is 0 Å². The molecule has 0 heterocycles. The molecule has 0 rings (SSSR count). The van der Waals surface area contributed by atoms with Crippen LogP contribution in [0.25, 0.3) is 0 Å². The minimum Gasteiger partial charge on any atom is -0.481 e. The van der Waals surface area contributed by atoms with Crippen molar-refractivity contribution >= 4 is 17.9 Å². The van der Waals surface area contributed by atoms with E-state index in [9.17, 15) is 14.4 Å². The quantitative estimate of drug-likeness (QED) is 0.605. The van der Waals surface area contributed by atoms with Gasteiger partial charge in [-0.25, -0.2) is 4.79 Å². The summed E-state index contributed by atoms with van der Waals surface area (Å²) in [5, 5.41) is 14.1. The highest BCUT2D eigenvalue weighted by Gasteiger charge is 2.17. The van der Waals surface area contributed by atoms with Crippen molar-refractivity contribution in [2.75, 3.05) is 26.7 Å². The first-order valence-electron chi connectivity index (χ1n) is 6.72. The molecule has 20 heavy (non-hydrogen) atoms. The second kappa shape index (κ2) is 9.17. The number of amides is 3. The van der Waals surface area contributed by atoms with Gasteiger partial charge in [-0.3, -0.25) is 9.59 Å². The normalized spacial score (nSPS) is 11.8. The Morgan fingerprint density at radius 3 is 2.25 bits per heavy atom. The molecule has 0 aliphatic heterocycles. The molecule has 0 aliphatic rings. The van der Waals surface area contributed by atoms with Crippen molar-refractivity contribution in [2.45, 2.75) is 27.2 Å². The van der Waals surface area contributed by atoms with E-state index in [1.807, 2.05) is 13.8 Å². The molecule has 0 radical (unpaired) electrons. The maximum absolute atomic E-state index is 11.6. The summed E-state index contributed by atoms with van der Waals surface area (Å²) in [5.41, 5.74) is 0. The third-order valence-electron chi connectivity index (χ3n) is 2.65. The van der Waals surface area contributed by atoms with E-state index in [1.165, 1.54) is 18.9 Å². The zero-order valence-electron chi connectivity index (χ0n) is 12.6. The average Bonchev–Trinajstić information content (AvgIpc) is 2.35. The van der Waals surface area contributed by atoms with Crippen LogP contribution in [0.2, 0.25) is 0 Å². The highest BCUT2D eigenvalue weighted by Crippen LogP contribution is 1.98. The van der Waals surface area contributed by atoms with Gasteiger partial charge in [0.1, 0.15) is 0 Å². The Balaban J connectivity index is 3.87. The van der Waals surface area contributed by atoms with Crippen molar-refractivity contribution in [2.24, 2.45) is 11.8 Å². The third-order valence-corrected chi connectivity index (χ3v) is 2.65. The fraction of sp³-hybridized carbons (Fsp3) is 0.769. The Kier molecular flexibility index (Phi) is 8.35. The number of carboxylic acids is 1. The van der Waals surface area contributed by atoms with Gasteiger partial charge in [-0.05, 0) is 5.92 Å². The molecule has 0 saturated carbocycles. The summed E-state index contributed by atoms with van der Waals surface area (Å²) in [6, 6.07) is -0.380. The van der Waals surface area contributed by atoms with E-state index in [-0.39, 0.29) is 31.4 Å². The Labute approximate surface area is 119 Å². The van der Waals surface area contributed by atoms with Crippen LogP contribution in [-0.2, 0) is 9.59 Å². The molecule has 0 spiro atoms. The predicted molar refractivity (Wildman–Crippen MR) is 75.3 cm³/mol. The maximum atomic E-state index is 11.6. The summed E-state index contributed by atoms with van der Waals surface area (Å²) in [7, 11) is 1.52. The number of carboxylic acid groups (broad SMARTS) is 1. The van der Waals surface area contributed by atoms with Gasteiger partial charge in [0.05, 0.1) is 5.92 Å². The van der Waals surface area contributed by atoms with Crippen LogP contribution in [-0.4, -0.2) is 54.6 Å². The van der Waals surface area contributed by atoms with Crippen LogP contribution in [0.4, 0.5) is 4.79 Å². The van der Waals surface area contributed by atoms with Crippen molar-refractivity contribution in [3.05, 3.63) is 0 Å². The molecule has 0 aliphatic carbocycles. The largest absolute Gasteiger partial charge is 0.481 e. The highest BCUT2D eigenvalue weighted by atomic mass is 16.4. The molecule has 1 unspecified atom stereocenters. The van der Waals surface area contributed by atoms with Crippen LogP contribution in [0, 0.1) is 11.8 Å². The van der Waals surface area contributed by atoms with Gasteiger partial charge in [0, 0.05) is 33.1 Å². The summed E-state index contributed by atoms with van der Waals surface area (Å²) in [6.45, 7) is 6.50. The lowest BCUT2D eigenvalue weighted by Gasteiger charge is -2.19. The van der Waals surface area contributed by atoms with Gasteiger partial charge < -0.3 is 20.6 Å². The Morgan fingerprint density at radius 1 is 1.15 bits per heavy atom. The Bertz CT molecular complexity index is 345. The number of nitrogens with one attached hydrogen (secondary N) is 2. The van der Waals surface area contributed by atoms with Crippen LogP contribution < -0.4 is 10.6 Å². The van der Waals surface area contributed by atoms with Gasteiger partial charge in [-0.2, -0.15) is 0 Å². The molecule has 0 aromatic heterocycles. The topological polar surface area (TPSA) is 98.7 Å². The van der Waals surface area contributed by atoms with Crippen molar-refractivity contribution < 1.29 is 19.5 Å². The summed E-state index contributed by atoms with van der Waals surface area (Å²) >= 11 is 0. The molecule has 0 aromatic carbocycles. The molecule has 7 nitrogen and oxygen atoms in total. The maximum Gasteiger partial charge on any atom is 0.317 e. The van der Waals surface area contributed by atoms with Gasteiger partial charge in [0.15, 0.2) is 0 Å². The molecule has 0 aromatic rings. The van der Waals surface area contributed by atoms with Gasteiger partial charge in [0.25, 0.3) is 0 Å². The van der Waals surface area contributed by atoms with Crippen molar-refractivity contribution in [3.63, 3.8) is 0 Å². The molecule has 7 heteroatoms. The zero-order valence-corrected chi connectivity index (χ0v) is 12.6. The number of nitrogens with zero attached hydrogens (tertiary/aromatic N) is 1. The summed E-state index contributed by atoms with van der Waals surface area (Å²) in [5.74, 6) is -1.30. The summed E-state index contributed by atoms with van der Waals surface area (Å²) in [6.07, 6.45) is 0.209. The van der Waals surface area contributed by atoms with Crippen molar-refractivity contribution in [1.82, 2.24) is 15.5 Å².